The highest BCUT2D eigenvalue weighted by atomic mass is 35.5. The molecule has 29 heavy (non-hydrogen) atoms. The van der Waals surface area contributed by atoms with Crippen molar-refractivity contribution in [3.63, 3.8) is 0 Å². The number of nitro benzene ring substituents is 1. The van der Waals surface area contributed by atoms with E-state index in [4.69, 9.17) is 23.2 Å². The predicted molar refractivity (Wildman–Crippen MR) is 112 cm³/mol. The summed E-state index contributed by atoms with van der Waals surface area (Å²) in [5.41, 5.74) is 0.586. The van der Waals surface area contributed by atoms with Gasteiger partial charge in [0, 0.05) is 17.2 Å². The molecular formula is C20H21Cl2N3O4. The molecule has 0 aromatic heterocycles. The van der Waals surface area contributed by atoms with Gasteiger partial charge in [0.1, 0.15) is 6.04 Å². The van der Waals surface area contributed by atoms with Gasteiger partial charge in [-0.15, -0.1) is 0 Å². The van der Waals surface area contributed by atoms with E-state index < -0.39 is 16.9 Å². The van der Waals surface area contributed by atoms with E-state index in [9.17, 15) is 19.7 Å². The highest BCUT2D eigenvalue weighted by molar-refractivity contribution is 6.34. The van der Waals surface area contributed by atoms with Crippen LogP contribution >= 0.6 is 23.2 Å². The topological polar surface area (TPSA) is 101 Å². The van der Waals surface area contributed by atoms with Crippen molar-refractivity contribution in [3.05, 3.63) is 73.8 Å². The second kappa shape index (κ2) is 9.71. The molecule has 2 N–H and O–H groups in total. The van der Waals surface area contributed by atoms with Gasteiger partial charge in [-0.3, -0.25) is 19.7 Å². The van der Waals surface area contributed by atoms with Crippen molar-refractivity contribution in [2.75, 3.05) is 0 Å². The number of nitrogens with zero attached hydrogens (tertiary/aromatic N) is 1. The molecule has 2 atom stereocenters. The zero-order valence-corrected chi connectivity index (χ0v) is 17.6. The van der Waals surface area contributed by atoms with E-state index in [-0.39, 0.29) is 34.1 Å². The highest BCUT2D eigenvalue weighted by Gasteiger charge is 2.27. The van der Waals surface area contributed by atoms with Crippen molar-refractivity contribution >= 4 is 40.7 Å². The molecule has 7 nitrogen and oxygen atoms in total. The van der Waals surface area contributed by atoms with Crippen LogP contribution in [0.25, 0.3) is 0 Å². The monoisotopic (exact) mass is 437 g/mol. The maximum Gasteiger partial charge on any atom is 0.270 e. The second-order valence-electron chi connectivity index (χ2n) is 6.87. The molecule has 2 amide bonds. The van der Waals surface area contributed by atoms with Crippen LogP contribution in [0.15, 0.2) is 42.5 Å². The maximum atomic E-state index is 12.8. The van der Waals surface area contributed by atoms with Gasteiger partial charge < -0.3 is 10.6 Å². The minimum atomic E-state index is -0.835. The van der Waals surface area contributed by atoms with Gasteiger partial charge in [-0.1, -0.05) is 55.2 Å². The fraction of sp³-hybridized carbons (Fsp3) is 0.300. The number of amides is 2. The van der Waals surface area contributed by atoms with Crippen molar-refractivity contribution < 1.29 is 14.5 Å². The molecule has 0 heterocycles. The first-order valence-electron chi connectivity index (χ1n) is 8.91. The standard InChI is InChI=1S/C20H21Cl2N3O4/c1-11(2)18(20(27)23-12(3)14-6-4-5-7-16(14)21)24-19(26)15-9-8-13(25(28)29)10-17(15)22/h4-12,18H,1-3H3,(H,23,27)(H,24,26). The predicted octanol–water partition coefficient (Wildman–Crippen LogP) is 4.53. The molecule has 0 aliphatic carbocycles. The molecule has 0 saturated heterocycles. The fourth-order valence-corrected chi connectivity index (χ4v) is 3.32. The number of carbonyl (C=O) groups excluding carboxylic acids is 2. The number of carbonyl (C=O) groups is 2. The minimum Gasteiger partial charge on any atom is -0.348 e. The molecule has 0 spiro atoms. The lowest BCUT2D eigenvalue weighted by molar-refractivity contribution is -0.384. The second-order valence-corrected chi connectivity index (χ2v) is 7.68. The third-order valence-corrected chi connectivity index (χ3v) is 5.03. The number of halogens is 2. The number of benzene rings is 2. The summed E-state index contributed by atoms with van der Waals surface area (Å²) in [5, 5.41) is 16.8. The van der Waals surface area contributed by atoms with E-state index >= 15 is 0 Å². The zero-order chi connectivity index (χ0) is 21.7. The normalized spacial score (nSPS) is 12.9. The molecule has 0 aliphatic rings. The lowest BCUT2D eigenvalue weighted by Crippen LogP contribution is -2.50. The molecule has 2 unspecified atom stereocenters. The van der Waals surface area contributed by atoms with Crippen LogP contribution in [0.5, 0.6) is 0 Å². The number of nitrogens with one attached hydrogen (secondary N) is 2. The number of rotatable bonds is 7. The van der Waals surface area contributed by atoms with Gasteiger partial charge in [-0.2, -0.15) is 0 Å². The Morgan fingerprint density at radius 1 is 1.00 bits per heavy atom. The Morgan fingerprint density at radius 2 is 1.66 bits per heavy atom. The van der Waals surface area contributed by atoms with Gasteiger partial charge in [-0.25, -0.2) is 0 Å². The average molecular weight is 438 g/mol. The molecule has 2 aromatic rings. The quantitative estimate of drug-likeness (QED) is 0.490. The summed E-state index contributed by atoms with van der Waals surface area (Å²) >= 11 is 12.2. The van der Waals surface area contributed by atoms with Crippen molar-refractivity contribution in [1.82, 2.24) is 10.6 Å². The van der Waals surface area contributed by atoms with Crippen molar-refractivity contribution in [2.45, 2.75) is 32.9 Å². The molecule has 9 heteroatoms. The van der Waals surface area contributed by atoms with Gasteiger partial charge in [0.25, 0.3) is 11.6 Å². The van der Waals surface area contributed by atoms with E-state index in [2.05, 4.69) is 10.6 Å². The Kier molecular flexibility index (Phi) is 7.59. The van der Waals surface area contributed by atoms with Crippen LogP contribution in [-0.4, -0.2) is 22.8 Å². The van der Waals surface area contributed by atoms with E-state index in [0.29, 0.717) is 5.02 Å². The van der Waals surface area contributed by atoms with Crippen LogP contribution in [-0.2, 0) is 4.79 Å². The maximum absolute atomic E-state index is 12.8. The first-order chi connectivity index (χ1) is 13.6. The van der Waals surface area contributed by atoms with Crippen molar-refractivity contribution in [2.24, 2.45) is 5.92 Å². The molecule has 0 radical (unpaired) electrons. The zero-order valence-electron chi connectivity index (χ0n) is 16.1. The molecule has 2 aromatic carbocycles. The third kappa shape index (κ3) is 5.68. The average Bonchev–Trinajstić information content (AvgIpc) is 2.65. The molecule has 0 aliphatic heterocycles. The molecule has 0 saturated carbocycles. The van der Waals surface area contributed by atoms with Gasteiger partial charge in [0.15, 0.2) is 0 Å². The van der Waals surface area contributed by atoms with E-state index in [1.807, 2.05) is 12.1 Å². The van der Waals surface area contributed by atoms with E-state index in [1.165, 1.54) is 12.1 Å². The Balaban J connectivity index is 2.15. The summed E-state index contributed by atoms with van der Waals surface area (Å²) in [6, 6.07) is 9.51. The van der Waals surface area contributed by atoms with Gasteiger partial charge in [0.05, 0.1) is 21.6 Å². The molecule has 0 bridgehead atoms. The van der Waals surface area contributed by atoms with Crippen molar-refractivity contribution in [3.8, 4) is 0 Å². The smallest absolute Gasteiger partial charge is 0.270 e. The summed E-state index contributed by atoms with van der Waals surface area (Å²) in [5.74, 6) is -1.18. The number of hydrogen-bond donors (Lipinski definition) is 2. The van der Waals surface area contributed by atoms with Crippen molar-refractivity contribution in [1.29, 1.82) is 0 Å². The number of hydrogen-bond acceptors (Lipinski definition) is 4. The Morgan fingerprint density at radius 3 is 2.21 bits per heavy atom. The van der Waals surface area contributed by atoms with Crippen LogP contribution in [0.1, 0.15) is 42.7 Å². The van der Waals surface area contributed by atoms with Gasteiger partial charge in [-0.05, 0) is 30.5 Å². The fourth-order valence-electron chi connectivity index (χ4n) is 2.76. The SMILES string of the molecule is CC(NC(=O)C(NC(=O)c1ccc([N+](=O)[O-])cc1Cl)C(C)C)c1ccccc1Cl. The Hall–Kier alpha value is -2.64. The van der Waals surface area contributed by atoms with Gasteiger partial charge >= 0.3 is 0 Å². The van der Waals surface area contributed by atoms with Crippen LogP contribution in [0.4, 0.5) is 5.69 Å². The lowest BCUT2D eigenvalue weighted by atomic mass is 10.0. The minimum absolute atomic E-state index is 0.0508. The van der Waals surface area contributed by atoms with E-state index in [1.54, 1.807) is 32.9 Å². The lowest BCUT2D eigenvalue weighted by Gasteiger charge is -2.24. The molecule has 154 valence electrons. The summed E-state index contributed by atoms with van der Waals surface area (Å²) in [4.78, 5) is 35.6. The number of nitro groups is 1. The summed E-state index contributed by atoms with van der Waals surface area (Å²) in [6.45, 7) is 5.38. The largest absolute Gasteiger partial charge is 0.348 e. The van der Waals surface area contributed by atoms with Crippen LogP contribution in [0, 0.1) is 16.0 Å². The van der Waals surface area contributed by atoms with Crippen LogP contribution in [0.3, 0.4) is 0 Å². The molecular weight excluding hydrogens is 417 g/mol. The summed E-state index contributed by atoms with van der Waals surface area (Å²) in [7, 11) is 0. The number of non-ortho nitro benzene ring substituents is 1. The molecule has 2 rings (SSSR count). The van der Waals surface area contributed by atoms with E-state index in [0.717, 1.165) is 11.6 Å². The first-order valence-corrected chi connectivity index (χ1v) is 9.67. The first kappa shape index (κ1) is 22.6. The molecule has 0 fully saturated rings. The van der Waals surface area contributed by atoms with Crippen LogP contribution in [0.2, 0.25) is 10.0 Å². The summed E-state index contributed by atoms with van der Waals surface area (Å²) < 4.78 is 0. The van der Waals surface area contributed by atoms with Crippen LogP contribution < -0.4 is 10.6 Å². The Labute approximate surface area is 178 Å². The highest BCUT2D eigenvalue weighted by Crippen LogP contribution is 2.24. The third-order valence-electron chi connectivity index (χ3n) is 4.37. The Bertz CT molecular complexity index is 934. The summed E-state index contributed by atoms with van der Waals surface area (Å²) in [6.07, 6.45) is 0. The van der Waals surface area contributed by atoms with Gasteiger partial charge in [0.2, 0.25) is 5.91 Å².